The highest BCUT2D eigenvalue weighted by Gasteiger charge is 2.30. The number of amidine groups is 1. The van der Waals surface area contributed by atoms with E-state index < -0.39 is 10.0 Å². The number of amides is 1. The Morgan fingerprint density at radius 2 is 2.05 bits per heavy atom. The first-order valence-electron chi connectivity index (χ1n) is 6.58. The number of nitrogens with one attached hydrogen (secondary N) is 1. The highest BCUT2D eigenvalue weighted by atomic mass is 35.5. The van der Waals surface area contributed by atoms with E-state index in [4.69, 9.17) is 5.73 Å². The molecular formula is C13H19ClN4O3S. The summed E-state index contributed by atoms with van der Waals surface area (Å²) in [7, 11) is -2.02. The standard InChI is InChI=1S/C13H18N4O3S.ClH/c1-17(9-12(18)15-8-4-7-14)13-10-5-2-3-6-11(10)21(19,20)16-13;/h2-3,5-6H,4,7-9,14H2,1H3,(H,15,18);1H. The molecule has 1 aliphatic rings. The molecule has 1 heterocycles. The van der Waals surface area contributed by atoms with Gasteiger partial charge in [0.15, 0.2) is 5.84 Å². The number of carbonyl (C=O) groups is 1. The molecule has 2 rings (SSSR count). The number of fused-ring (bicyclic) bond motifs is 1. The van der Waals surface area contributed by atoms with Crippen LogP contribution in [0.15, 0.2) is 33.6 Å². The summed E-state index contributed by atoms with van der Waals surface area (Å²) in [6.45, 7) is 1.05. The quantitative estimate of drug-likeness (QED) is 0.727. The van der Waals surface area contributed by atoms with Gasteiger partial charge in [-0.05, 0) is 25.1 Å². The smallest absolute Gasteiger partial charge is 0.285 e. The maximum Gasteiger partial charge on any atom is 0.285 e. The molecule has 3 N–H and O–H groups in total. The Morgan fingerprint density at radius 1 is 1.36 bits per heavy atom. The lowest BCUT2D eigenvalue weighted by molar-refractivity contribution is -0.121. The first-order chi connectivity index (χ1) is 9.95. The summed E-state index contributed by atoms with van der Waals surface area (Å²) in [6, 6.07) is 6.58. The van der Waals surface area contributed by atoms with E-state index in [1.807, 2.05) is 0 Å². The van der Waals surface area contributed by atoms with Crippen molar-refractivity contribution in [3.8, 4) is 0 Å². The van der Waals surface area contributed by atoms with Gasteiger partial charge in [0.05, 0.1) is 6.54 Å². The molecule has 1 aliphatic heterocycles. The number of hydrogen-bond donors (Lipinski definition) is 2. The van der Waals surface area contributed by atoms with Crippen LogP contribution in [0.4, 0.5) is 0 Å². The highest BCUT2D eigenvalue weighted by Crippen LogP contribution is 2.26. The number of rotatable bonds is 5. The molecule has 0 aromatic heterocycles. The summed E-state index contributed by atoms with van der Waals surface area (Å²) in [5, 5.41) is 2.72. The summed E-state index contributed by atoms with van der Waals surface area (Å²) in [6.07, 6.45) is 0.702. The molecular weight excluding hydrogens is 328 g/mol. The molecule has 1 aromatic carbocycles. The van der Waals surface area contributed by atoms with Crippen molar-refractivity contribution in [1.82, 2.24) is 10.2 Å². The molecule has 0 aliphatic carbocycles. The zero-order chi connectivity index (χ0) is 15.5. The lowest BCUT2D eigenvalue weighted by atomic mass is 10.2. The third-order valence-corrected chi connectivity index (χ3v) is 4.38. The van der Waals surface area contributed by atoms with Crippen LogP contribution in [0.1, 0.15) is 12.0 Å². The van der Waals surface area contributed by atoms with E-state index in [0.29, 0.717) is 30.9 Å². The van der Waals surface area contributed by atoms with E-state index >= 15 is 0 Å². The van der Waals surface area contributed by atoms with Crippen molar-refractivity contribution >= 4 is 34.2 Å². The molecule has 9 heteroatoms. The zero-order valence-electron chi connectivity index (χ0n) is 12.2. The average molecular weight is 347 g/mol. The predicted octanol–water partition coefficient (Wildman–Crippen LogP) is -0.0459. The van der Waals surface area contributed by atoms with Gasteiger partial charge in [-0.2, -0.15) is 8.42 Å². The Balaban J connectivity index is 0.00000242. The number of halogens is 1. The SMILES string of the molecule is CN(CC(=O)NCCCN)C1=NS(=O)(=O)c2ccccc21.Cl. The van der Waals surface area contributed by atoms with Crippen LogP contribution >= 0.6 is 12.4 Å². The van der Waals surface area contributed by atoms with Gasteiger partial charge in [-0.1, -0.05) is 12.1 Å². The van der Waals surface area contributed by atoms with Crippen LogP contribution in [-0.4, -0.2) is 51.7 Å². The zero-order valence-corrected chi connectivity index (χ0v) is 13.8. The van der Waals surface area contributed by atoms with Gasteiger partial charge in [-0.25, -0.2) is 0 Å². The van der Waals surface area contributed by atoms with E-state index in [1.165, 1.54) is 11.0 Å². The minimum absolute atomic E-state index is 0. The summed E-state index contributed by atoms with van der Waals surface area (Å²) < 4.78 is 27.6. The fraction of sp³-hybridized carbons (Fsp3) is 0.385. The maximum atomic E-state index is 11.9. The normalized spacial score (nSPS) is 14.5. The molecule has 0 saturated carbocycles. The molecule has 1 aromatic rings. The molecule has 0 unspecified atom stereocenters. The van der Waals surface area contributed by atoms with Gasteiger partial charge >= 0.3 is 0 Å². The van der Waals surface area contributed by atoms with Gasteiger partial charge in [-0.15, -0.1) is 16.8 Å². The fourth-order valence-corrected chi connectivity index (χ4v) is 3.29. The molecule has 1 amide bonds. The Labute approximate surface area is 136 Å². The average Bonchev–Trinajstić information content (AvgIpc) is 2.72. The van der Waals surface area contributed by atoms with Gasteiger partial charge in [-0.3, -0.25) is 4.79 Å². The van der Waals surface area contributed by atoms with Crippen LogP contribution in [0.2, 0.25) is 0 Å². The molecule has 0 spiro atoms. The van der Waals surface area contributed by atoms with Crippen molar-refractivity contribution in [3.05, 3.63) is 29.8 Å². The van der Waals surface area contributed by atoms with E-state index in [2.05, 4.69) is 9.71 Å². The van der Waals surface area contributed by atoms with Crippen LogP contribution in [0.25, 0.3) is 0 Å². The molecule has 0 fully saturated rings. The van der Waals surface area contributed by atoms with Crippen molar-refractivity contribution in [2.75, 3.05) is 26.7 Å². The van der Waals surface area contributed by atoms with E-state index in [0.717, 1.165) is 0 Å². The molecule has 0 bridgehead atoms. The van der Waals surface area contributed by atoms with Gasteiger partial charge in [0, 0.05) is 19.2 Å². The van der Waals surface area contributed by atoms with Crippen LogP contribution in [0.3, 0.4) is 0 Å². The topological polar surface area (TPSA) is 105 Å². The second-order valence-electron chi connectivity index (χ2n) is 4.73. The predicted molar refractivity (Wildman–Crippen MR) is 86.7 cm³/mol. The number of sulfonamides is 1. The molecule has 0 atom stereocenters. The molecule has 122 valence electrons. The lowest BCUT2D eigenvalue weighted by Crippen LogP contribution is -2.38. The van der Waals surface area contributed by atoms with Crippen LogP contribution in [0, 0.1) is 0 Å². The van der Waals surface area contributed by atoms with Crippen molar-refractivity contribution < 1.29 is 13.2 Å². The van der Waals surface area contributed by atoms with E-state index in [1.54, 1.807) is 25.2 Å². The number of carbonyl (C=O) groups excluding carboxylic acids is 1. The number of benzene rings is 1. The van der Waals surface area contributed by atoms with Crippen molar-refractivity contribution in [2.24, 2.45) is 10.1 Å². The van der Waals surface area contributed by atoms with Gasteiger partial charge in [0.1, 0.15) is 4.90 Å². The highest BCUT2D eigenvalue weighted by molar-refractivity contribution is 7.90. The lowest BCUT2D eigenvalue weighted by Gasteiger charge is -2.18. The second kappa shape index (κ2) is 7.57. The monoisotopic (exact) mass is 346 g/mol. The van der Waals surface area contributed by atoms with Crippen molar-refractivity contribution in [3.63, 3.8) is 0 Å². The third-order valence-electron chi connectivity index (χ3n) is 3.06. The number of likely N-dealkylation sites (N-methyl/N-ethyl adjacent to an activating group) is 1. The molecule has 22 heavy (non-hydrogen) atoms. The number of nitrogens with two attached hydrogens (primary N) is 1. The second-order valence-corrected chi connectivity index (χ2v) is 6.31. The Bertz CT molecular complexity index is 676. The minimum Gasteiger partial charge on any atom is -0.355 e. The van der Waals surface area contributed by atoms with Crippen molar-refractivity contribution in [1.29, 1.82) is 0 Å². The van der Waals surface area contributed by atoms with Crippen LogP contribution in [0.5, 0.6) is 0 Å². The summed E-state index contributed by atoms with van der Waals surface area (Å²) in [4.78, 5) is 13.5. The summed E-state index contributed by atoms with van der Waals surface area (Å²) in [5.41, 5.74) is 5.87. The van der Waals surface area contributed by atoms with E-state index in [9.17, 15) is 13.2 Å². The van der Waals surface area contributed by atoms with Crippen LogP contribution < -0.4 is 11.1 Å². The first-order valence-corrected chi connectivity index (χ1v) is 8.02. The fourth-order valence-electron chi connectivity index (χ4n) is 2.04. The Morgan fingerprint density at radius 3 is 2.73 bits per heavy atom. The minimum atomic E-state index is -3.66. The number of hydrogen-bond acceptors (Lipinski definition) is 5. The maximum absolute atomic E-state index is 11.9. The summed E-state index contributed by atoms with van der Waals surface area (Å²) in [5.74, 6) is 0.0926. The van der Waals surface area contributed by atoms with Gasteiger partial charge in [0.25, 0.3) is 10.0 Å². The molecule has 7 nitrogen and oxygen atoms in total. The third kappa shape index (κ3) is 3.96. The Kier molecular flexibility index (Phi) is 6.34. The summed E-state index contributed by atoms with van der Waals surface area (Å²) >= 11 is 0. The van der Waals surface area contributed by atoms with E-state index in [-0.39, 0.29) is 29.8 Å². The number of nitrogens with zero attached hydrogens (tertiary/aromatic N) is 2. The van der Waals surface area contributed by atoms with Gasteiger partial charge in [0.2, 0.25) is 5.91 Å². The van der Waals surface area contributed by atoms with Gasteiger partial charge < -0.3 is 16.0 Å². The molecule has 0 saturated heterocycles. The largest absolute Gasteiger partial charge is 0.355 e. The van der Waals surface area contributed by atoms with Crippen LogP contribution in [-0.2, 0) is 14.8 Å². The molecule has 0 radical (unpaired) electrons. The van der Waals surface area contributed by atoms with Crippen molar-refractivity contribution in [2.45, 2.75) is 11.3 Å². The first kappa shape index (κ1) is 18.4. The Hall–Kier alpha value is -1.64.